The van der Waals surface area contributed by atoms with Gasteiger partial charge in [-0.2, -0.15) is 12.1 Å². The minimum absolute atomic E-state index is 0. The summed E-state index contributed by atoms with van der Waals surface area (Å²) < 4.78 is 11.5. The minimum Gasteiger partial charge on any atom is -0.509 e. The average Bonchev–Trinajstić information content (AvgIpc) is 4.03. The van der Waals surface area contributed by atoms with E-state index in [1.807, 2.05) is 35.7 Å². The number of pyridine rings is 1. The molecule has 0 radical (unpaired) electrons. The standard InChI is InChI=1S/C62H49N4OS.Pt/c1-61(2,3)43-32-33-63-56(36-43)66-54-38-47(29-30-49(54)60-59(66)57-48-25-14-13-22-42(48)28-31-55(57)68-60)67-46-24-17-23-45(37-46)64-39-65(53-27-16-15-26-52(53)64)58-50(40-18-9-7-10-19-40)34-44(62(4,5)6)35-51(58)41-20-11-8-12-21-41;/h7-36,39H,1-6H3;/q-3;. The van der Waals surface area contributed by atoms with Crippen LogP contribution in [0, 0.1) is 18.8 Å². The Morgan fingerprint density at radius 3 is 1.90 bits per heavy atom. The van der Waals surface area contributed by atoms with Crippen LogP contribution < -0.4 is 14.5 Å². The summed E-state index contributed by atoms with van der Waals surface area (Å²) in [6.07, 6.45) is 1.93. The Morgan fingerprint density at radius 2 is 1.20 bits per heavy atom. The fourth-order valence-corrected chi connectivity index (χ4v) is 10.9. The van der Waals surface area contributed by atoms with Crippen molar-refractivity contribution in [3.8, 4) is 39.6 Å². The molecule has 0 saturated heterocycles. The van der Waals surface area contributed by atoms with Crippen molar-refractivity contribution in [2.45, 2.75) is 52.4 Å². The third kappa shape index (κ3) is 7.80. The van der Waals surface area contributed by atoms with E-state index in [1.165, 1.54) is 47.8 Å². The van der Waals surface area contributed by atoms with Crippen LogP contribution in [0.15, 0.2) is 182 Å². The first kappa shape index (κ1) is 44.5. The van der Waals surface area contributed by atoms with E-state index in [0.717, 1.165) is 56.1 Å². The molecule has 0 unspecified atom stereocenters. The van der Waals surface area contributed by atoms with Gasteiger partial charge in [0, 0.05) is 81.7 Å². The van der Waals surface area contributed by atoms with Gasteiger partial charge in [0.05, 0.1) is 5.52 Å². The van der Waals surface area contributed by atoms with Crippen molar-refractivity contribution in [3.63, 3.8) is 0 Å². The Morgan fingerprint density at radius 1 is 0.565 bits per heavy atom. The molecule has 0 amide bonds. The molecule has 8 aromatic carbocycles. The molecular formula is C62H49N4OPtS-3. The fourth-order valence-electron chi connectivity index (χ4n) is 9.72. The van der Waals surface area contributed by atoms with Gasteiger partial charge < -0.3 is 19.1 Å². The van der Waals surface area contributed by atoms with Crippen LogP contribution in [0.4, 0.5) is 22.7 Å². The van der Waals surface area contributed by atoms with Crippen molar-refractivity contribution in [2.24, 2.45) is 0 Å². The molecule has 11 aromatic rings. The molecule has 69 heavy (non-hydrogen) atoms. The predicted molar refractivity (Wildman–Crippen MR) is 285 cm³/mol. The van der Waals surface area contributed by atoms with E-state index in [0.29, 0.717) is 11.5 Å². The molecule has 0 aliphatic carbocycles. The zero-order valence-electron chi connectivity index (χ0n) is 39.3. The van der Waals surface area contributed by atoms with Gasteiger partial charge in [-0.25, -0.2) is 4.98 Å². The number of hydrogen-bond acceptors (Lipinski definition) is 5. The zero-order chi connectivity index (χ0) is 46.3. The number of hydrogen-bond donors (Lipinski definition) is 0. The van der Waals surface area contributed by atoms with Gasteiger partial charge >= 0.3 is 0 Å². The molecule has 4 heterocycles. The Hall–Kier alpha value is -6.98. The van der Waals surface area contributed by atoms with Gasteiger partial charge in [0.1, 0.15) is 5.82 Å². The number of rotatable bonds is 7. The molecule has 0 N–H and O–H groups in total. The maximum Gasteiger partial charge on any atom is 0.135 e. The van der Waals surface area contributed by atoms with E-state index in [1.54, 1.807) is 0 Å². The second kappa shape index (κ2) is 17.2. The van der Waals surface area contributed by atoms with Crippen molar-refractivity contribution in [1.29, 1.82) is 0 Å². The van der Waals surface area contributed by atoms with Gasteiger partial charge in [0.2, 0.25) is 0 Å². The summed E-state index contributed by atoms with van der Waals surface area (Å²) in [6, 6.07) is 70.1. The Kier molecular flexibility index (Phi) is 11.1. The van der Waals surface area contributed by atoms with Gasteiger partial charge in [-0.3, -0.25) is 0 Å². The largest absolute Gasteiger partial charge is 0.509 e. The zero-order valence-corrected chi connectivity index (χ0v) is 42.4. The van der Waals surface area contributed by atoms with Crippen LogP contribution in [0.2, 0.25) is 0 Å². The van der Waals surface area contributed by atoms with Gasteiger partial charge in [0.25, 0.3) is 0 Å². The van der Waals surface area contributed by atoms with Gasteiger partial charge in [-0.05, 0) is 86.3 Å². The van der Waals surface area contributed by atoms with Crippen molar-refractivity contribution >= 4 is 76.1 Å². The number of anilines is 4. The van der Waals surface area contributed by atoms with Crippen LogP contribution in [-0.2, 0) is 31.9 Å². The Balaban J connectivity index is 0.00000520. The van der Waals surface area contributed by atoms with Gasteiger partial charge in [0.15, 0.2) is 0 Å². The summed E-state index contributed by atoms with van der Waals surface area (Å²) >= 11 is 1.82. The second-order valence-electron chi connectivity index (χ2n) is 19.8. The van der Waals surface area contributed by atoms with E-state index >= 15 is 0 Å². The van der Waals surface area contributed by atoms with Crippen molar-refractivity contribution in [3.05, 3.63) is 212 Å². The van der Waals surface area contributed by atoms with Gasteiger partial charge in [-0.15, -0.1) is 54.0 Å². The van der Waals surface area contributed by atoms with E-state index in [2.05, 4.69) is 232 Å². The number of aromatic nitrogens is 2. The van der Waals surface area contributed by atoms with E-state index < -0.39 is 0 Å². The molecule has 0 atom stereocenters. The quantitative estimate of drug-likeness (QED) is 0.149. The summed E-state index contributed by atoms with van der Waals surface area (Å²) in [4.78, 5) is 9.60. The van der Waals surface area contributed by atoms with Crippen molar-refractivity contribution < 1.29 is 25.8 Å². The number of ether oxygens (including phenoxy) is 1. The number of fused-ring (bicyclic) bond motifs is 8. The molecule has 1 aliphatic rings. The summed E-state index contributed by atoms with van der Waals surface area (Å²) in [6.45, 7) is 15.8. The average molecular weight is 1090 g/mol. The molecule has 1 aliphatic heterocycles. The molecule has 0 fully saturated rings. The summed E-state index contributed by atoms with van der Waals surface area (Å²) in [5, 5.41) is 4.78. The second-order valence-corrected chi connectivity index (χ2v) is 20.8. The molecular weight excluding hydrogens is 1040 g/mol. The van der Waals surface area contributed by atoms with Crippen LogP contribution in [0.25, 0.3) is 70.0 Å². The number of thiophene rings is 1. The molecule has 0 saturated carbocycles. The topological polar surface area (TPSA) is 33.5 Å². The van der Waals surface area contributed by atoms with Crippen LogP contribution in [-0.4, -0.2) is 9.55 Å². The summed E-state index contributed by atoms with van der Waals surface area (Å²) in [7, 11) is 0. The molecule has 12 rings (SSSR count). The molecule has 5 nitrogen and oxygen atoms in total. The number of benzene rings is 8. The first-order valence-corrected chi connectivity index (χ1v) is 24.1. The van der Waals surface area contributed by atoms with E-state index in [9.17, 15) is 0 Å². The smallest absolute Gasteiger partial charge is 0.135 e. The third-order valence-electron chi connectivity index (χ3n) is 13.2. The van der Waals surface area contributed by atoms with Crippen LogP contribution in [0.3, 0.4) is 0 Å². The Labute approximate surface area is 422 Å². The molecule has 7 heteroatoms. The fraction of sp³-hybridized carbons (Fsp3) is 0.129. The van der Waals surface area contributed by atoms with Crippen LogP contribution in [0.1, 0.15) is 52.7 Å². The van der Waals surface area contributed by atoms with Crippen LogP contribution in [0.5, 0.6) is 11.5 Å². The molecule has 0 bridgehead atoms. The van der Waals surface area contributed by atoms with Crippen LogP contribution >= 0.6 is 11.3 Å². The normalized spacial score (nSPS) is 12.8. The SMILES string of the molecule is CC(C)(C)c1ccnc(-n2c3[c-]c(Oc4[c-]c(N5[CH-]N(c6c(-c7ccccc7)cc(C(C)(C)C)cc6-c6ccccc6)c6ccccc65)ccc4)ccc3c3sc4ccc5ccccc5c4c32)c1.[Pt]. The van der Waals surface area contributed by atoms with E-state index in [4.69, 9.17) is 9.72 Å². The first-order chi connectivity index (χ1) is 33.0. The number of nitrogens with zero attached hydrogens (tertiary/aromatic N) is 4. The predicted octanol–water partition coefficient (Wildman–Crippen LogP) is 17.3. The summed E-state index contributed by atoms with van der Waals surface area (Å²) in [5.41, 5.74) is 13.2. The summed E-state index contributed by atoms with van der Waals surface area (Å²) in [5.74, 6) is 2.06. The molecule has 0 spiro atoms. The first-order valence-electron chi connectivity index (χ1n) is 23.3. The maximum absolute atomic E-state index is 6.79. The monoisotopic (exact) mass is 1090 g/mol. The van der Waals surface area contributed by atoms with Crippen molar-refractivity contribution in [2.75, 3.05) is 9.80 Å². The third-order valence-corrected chi connectivity index (χ3v) is 14.4. The molecule has 3 aromatic heterocycles. The minimum atomic E-state index is -0.0711. The Bertz CT molecular complexity index is 3670. The maximum atomic E-state index is 6.79. The van der Waals surface area contributed by atoms with Crippen molar-refractivity contribution in [1.82, 2.24) is 9.55 Å². The van der Waals surface area contributed by atoms with E-state index in [-0.39, 0.29) is 31.9 Å². The number of para-hydroxylation sites is 2. The van der Waals surface area contributed by atoms with Gasteiger partial charge in [-0.1, -0.05) is 156 Å². The molecule has 342 valence electrons.